The second kappa shape index (κ2) is 9.56. The number of carbonyl (C=O) groups is 3. The van der Waals surface area contributed by atoms with Crippen molar-refractivity contribution in [2.45, 2.75) is 13.3 Å². The molecule has 0 spiro atoms. The van der Waals surface area contributed by atoms with E-state index in [1.54, 1.807) is 18.2 Å². The Balaban J connectivity index is 1.58. The molecule has 3 aromatic rings. The molecular formula is C23H23N3O4. The van der Waals surface area contributed by atoms with Crippen molar-refractivity contribution in [1.82, 2.24) is 5.32 Å². The Morgan fingerprint density at radius 1 is 0.900 bits per heavy atom. The van der Waals surface area contributed by atoms with Gasteiger partial charge in [0.25, 0.3) is 0 Å². The molecule has 0 aliphatic heterocycles. The maximum Gasteiger partial charge on any atom is 0.243 e. The molecule has 0 heterocycles. The summed E-state index contributed by atoms with van der Waals surface area (Å²) in [5.41, 5.74) is 1.83. The van der Waals surface area contributed by atoms with Crippen molar-refractivity contribution in [3.8, 4) is 5.75 Å². The van der Waals surface area contributed by atoms with E-state index in [0.29, 0.717) is 17.1 Å². The van der Waals surface area contributed by atoms with E-state index in [1.165, 1.54) is 14.0 Å². The van der Waals surface area contributed by atoms with Crippen LogP contribution in [-0.2, 0) is 20.8 Å². The zero-order valence-corrected chi connectivity index (χ0v) is 16.8. The summed E-state index contributed by atoms with van der Waals surface area (Å²) in [5.74, 6) is -0.389. The van der Waals surface area contributed by atoms with E-state index in [4.69, 9.17) is 4.74 Å². The van der Waals surface area contributed by atoms with Gasteiger partial charge in [0.15, 0.2) is 0 Å². The molecular weight excluding hydrogens is 382 g/mol. The van der Waals surface area contributed by atoms with Crippen LogP contribution in [-0.4, -0.2) is 31.4 Å². The lowest BCUT2D eigenvalue weighted by Gasteiger charge is -2.12. The van der Waals surface area contributed by atoms with Crippen LogP contribution in [0, 0.1) is 0 Å². The van der Waals surface area contributed by atoms with Crippen LogP contribution in [0.4, 0.5) is 11.4 Å². The number of carbonyl (C=O) groups excluding carboxylic acids is 3. The first kappa shape index (κ1) is 20.9. The Labute approximate surface area is 174 Å². The third-order valence-electron chi connectivity index (χ3n) is 4.47. The predicted octanol–water partition coefficient (Wildman–Crippen LogP) is 3.10. The van der Waals surface area contributed by atoms with Crippen LogP contribution in [0.2, 0.25) is 0 Å². The topological polar surface area (TPSA) is 96.5 Å². The quantitative estimate of drug-likeness (QED) is 0.563. The maximum atomic E-state index is 12.3. The highest BCUT2D eigenvalue weighted by Gasteiger charge is 2.11. The molecule has 154 valence electrons. The summed E-state index contributed by atoms with van der Waals surface area (Å²) in [5, 5.41) is 10.1. The van der Waals surface area contributed by atoms with Gasteiger partial charge in [0.2, 0.25) is 17.7 Å². The van der Waals surface area contributed by atoms with Crippen molar-refractivity contribution in [2.75, 3.05) is 24.3 Å². The molecule has 0 saturated heterocycles. The first-order chi connectivity index (χ1) is 14.5. The summed E-state index contributed by atoms with van der Waals surface area (Å²) >= 11 is 0. The minimum absolute atomic E-state index is 0.162. The molecule has 3 aromatic carbocycles. The van der Waals surface area contributed by atoms with Gasteiger partial charge in [-0.05, 0) is 34.5 Å². The van der Waals surface area contributed by atoms with E-state index in [9.17, 15) is 14.4 Å². The lowest BCUT2D eigenvalue weighted by Crippen LogP contribution is -2.33. The third kappa shape index (κ3) is 5.35. The SMILES string of the molecule is COc1ccc(NC(=O)CNC(=O)Cc2cccc3ccccc23)cc1NC(C)=O. The molecule has 0 aliphatic rings. The Morgan fingerprint density at radius 2 is 1.67 bits per heavy atom. The van der Waals surface area contributed by atoms with Crippen molar-refractivity contribution in [2.24, 2.45) is 0 Å². The highest BCUT2D eigenvalue weighted by atomic mass is 16.5. The molecule has 0 saturated carbocycles. The molecule has 0 aromatic heterocycles. The molecule has 0 bridgehead atoms. The van der Waals surface area contributed by atoms with E-state index >= 15 is 0 Å². The number of amides is 3. The molecule has 7 heteroatoms. The molecule has 0 aliphatic carbocycles. The summed E-state index contributed by atoms with van der Waals surface area (Å²) in [7, 11) is 1.49. The number of benzene rings is 3. The summed E-state index contributed by atoms with van der Waals surface area (Å²) in [4.78, 5) is 35.9. The largest absolute Gasteiger partial charge is 0.495 e. The highest BCUT2D eigenvalue weighted by molar-refractivity contribution is 5.97. The van der Waals surface area contributed by atoms with Crippen molar-refractivity contribution >= 4 is 39.9 Å². The fourth-order valence-electron chi connectivity index (χ4n) is 3.14. The summed E-state index contributed by atoms with van der Waals surface area (Å²) in [6.07, 6.45) is 0.184. The van der Waals surface area contributed by atoms with Crippen LogP contribution in [0.5, 0.6) is 5.75 Å². The number of fused-ring (bicyclic) bond motifs is 1. The maximum absolute atomic E-state index is 12.3. The lowest BCUT2D eigenvalue weighted by molar-refractivity contribution is -0.123. The van der Waals surface area contributed by atoms with Crippen molar-refractivity contribution in [3.63, 3.8) is 0 Å². The molecule has 3 N–H and O–H groups in total. The Kier molecular flexibility index (Phi) is 6.64. The van der Waals surface area contributed by atoms with Crippen molar-refractivity contribution in [1.29, 1.82) is 0 Å². The second-order valence-electron chi connectivity index (χ2n) is 6.74. The van der Waals surface area contributed by atoms with Gasteiger partial charge < -0.3 is 20.7 Å². The molecule has 0 fully saturated rings. The molecule has 0 unspecified atom stereocenters. The van der Waals surface area contributed by atoms with Crippen LogP contribution < -0.4 is 20.7 Å². The minimum atomic E-state index is -0.375. The normalized spacial score (nSPS) is 10.3. The zero-order valence-electron chi connectivity index (χ0n) is 16.8. The average molecular weight is 405 g/mol. The van der Waals surface area contributed by atoms with E-state index in [-0.39, 0.29) is 30.7 Å². The first-order valence-electron chi connectivity index (χ1n) is 9.45. The standard InChI is InChI=1S/C23H23N3O4/c1-15(27)25-20-13-18(10-11-21(20)30-2)26-23(29)14-24-22(28)12-17-8-5-7-16-6-3-4-9-19(16)17/h3-11,13H,12,14H2,1-2H3,(H,24,28)(H,25,27)(H,26,29). The fraction of sp³-hybridized carbons (Fsp3) is 0.174. The van der Waals surface area contributed by atoms with Crippen LogP contribution >= 0.6 is 0 Å². The van der Waals surface area contributed by atoms with Gasteiger partial charge in [0.1, 0.15) is 5.75 Å². The molecule has 3 amide bonds. The number of anilines is 2. The summed E-state index contributed by atoms with van der Waals surface area (Å²) in [6.45, 7) is 1.22. The first-order valence-corrected chi connectivity index (χ1v) is 9.45. The minimum Gasteiger partial charge on any atom is -0.495 e. The molecule has 0 atom stereocenters. The smallest absolute Gasteiger partial charge is 0.243 e. The van der Waals surface area contributed by atoms with Gasteiger partial charge in [-0.2, -0.15) is 0 Å². The Hall–Kier alpha value is -3.87. The molecule has 3 rings (SSSR count). The van der Waals surface area contributed by atoms with E-state index in [1.807, 2.05) is 42.5 Å². The number of methoxy groups -OCH3 is 1. The summed E-state index contributed by atoms with van der Waals surface area (Å²) in [6, 6.07) is 18.5. The molecule has 7 nitrogen and oxygen atoms in total. The van der Waals surface area contributed by atoms with Gasteiger partial charge in [-0.1, -0.05) is 42.5 Å². The predicted molar refractivity (Wildman–Crippen MR) is 117 cm³/mol. The monoisotopic (exact) mass is 405 g/mol. The van der Waals surface area contributed by atoms with Crippen LogP contribution in [0.15, 0.2) is 60.7 Å². The van der Waals surface area contributed by atoms with Gasteiger partial charge >= 0.3 is 0 Å². The van der Waals surface area contributed by atoms with E-state index in [0.717, 1.165) is 16.3 Å². The zero-order chi connectivity index (χ0) is 21.5. The van der Waals surface area contributed by atoms with Gasteiger partial charge in [-0.3, -0.25) is 14.4 Å². The van der Waals surface area contributed by atoms with E-state index < -0.39 is 0 Å². The van der Waals surface area contributed by atoms with Crippen LogP contribution in [0.3, 0.4) is 0 Å². The summed E-state index contributed by atoms with van der Waals surface area (Å²) < 4.78 is 5.19. The number of rotatable bonds is 7. The third-order valence-corrected chi connectivity index (χ3v) is 4.47. The Bertz CT molecular complexity index is 1090. The van der Waals surface area contributed by atoms with Gasteiger partial charge in [-0.15, -0.1) is 0 Å². The Morgan fingerprint density at radius 3 is 2.43 bits per heavy atom. The van der Waals surface area contributed by atoms with E-state index in [2.05, 4.69) is 16.0 Å². The van der Waals surface area contributed by atoms with Gasteiger partial charge in [0, 0.05) is 12.6 Å². The number of hydrogen-bond acceptors (Lipinski definition) is 4. The van der Waals surface area contributed by atoms with Crippen molar-refractivity contribution in [3.05, 3.63) is 66.2 Å². The lowest BCUT2D eigenvalue weighted by atomic mass is 10.0. The average Bonchev–Trinajstić information content (AvgIpc) is 2.72. The number of ether oxygens (including phenoxy) is 1. The second-order valence-corrected chi connectivity index (χ2v) is 6.74. The van der Waals surface area contributed by atoms with Crippen LogP contribution in [0.25, 0.3) is 10.8 Å². The van der Waals surface area contributed by atoms with Gasteiger partial charge in [0.05, 0.1) is 25.8 Å². The number of nitrogens with one attached hydrogen (secondary N) is 3. The highest BCUT2D eigenvalue weighted by Crippen LogP contribution is 2.27. The number of hydrogen-bond donors (Lipinski definition) is 3. The van der Waals surface area contributed by atoms with Crippen molar-refractivity contribution < 1.29 is 19.1 Å². The fourth-order valence-corrected chi connectivity index (χ4v) is 3.14. The molecule has 0 radical (unpaired) electrons. The van der Waals surface area contributed by atoms with Crippen LogP contribution in [0.1, 0.15) is 12.5 Å². The molecule has 30 heavy (non-hydrogen) atoms. The van der Waals surface area contributed by atoms with Gasteiger partial charge in [-0.25, -0.2) is 0 Å².